The monoisotopic (exact) mass is 696 g/mol. The zero-order valence-corrected chi connectivity index (χ0v) is 31.9. The Morgan fingerprint density at radius 1 is 0.522 bits per heavy atom. The Labute approximate surface area is 300 Å². The standard InChI is InChI=1S/C44H50Si.Zr/c1-5-9-13-35-27-41-37(33-23-19-31(7-3)20-24-33)15-11-17-39(41)43(35)29-45-30-44-36(14-10-6-2)28-42-38(16-12-18-40(42)44)34-25-21-32(8-4)22-26-34;/h11-12,15-28,43-44H,5-10,13-14,29-30H2,1-4H3;. The van der Waals surface area contributed by atoms with Crippen molar-refractivity contribution in [2.75, 3.05) is 0 Å². The minimum atomic E-state index is 0. The Balaban J connectivity index is 0.00000417. The molecule has 0 aliphatic heterocycles. The van der Waals surface area contributed by atoms with Crippen molar-refractivity contribution >= 4 is 21.7 Å². The van der Waals surface area contributed by atoms with Gasteiger partial charge in [0.05, 0.1) is 0 Å². The molecule has 0 N–H and O–H groups in total. The van der Waals surface area contributed by atoms with Crippen molar-refractivity contribution in [3.63, 3.8) is 0 Å². The van der Waals surface area contributed by atoms with Gasteiger partial charge in [0.1, 0.15) is 0 Å². The summed E-state index contributed by atoms with van der Waals surface area (Å²) in [6.07, 6.45) is 14.9. The number of allylic oxidation sites excluding steroid dienone is 2. The fourth-order valence-corrected chi connectivity index (χ4v) is 9.23. The molecule has 2 heteroatoms. The van der Waals surface area contributed by atoms with Gasteiger partial charge >= 0.3 is 0 Å². The SMILES string of the molecule is CCCCC1=Cc2c(-c3ccc(CC)cc3)cccc2C1C[Si]CC1C(CCCC)=Cc2c(-c3ccc(CC)cc3)cccc21.[Zr]. The first-order valence-corrected chi connectivity index (χ1v) is 19.1. The van der Waals surface area contributed by atoms with Crippen LogP contribution < -0.4 is 0 Å². The van der Waals surface area contributed by atoms with Crippen molar-refractivity contribution < 1.29 is 26.2 Å². The first-order valence-electron chi connectivity index (χ1n) is 17.7. The second-order valence-electron chi connectivity index (χ2n) is 13.1. The molecule has 0 fully saturated rings. The number of aryl methyl sites for hydroxylation is 2. The summed E-state index contributed by atoms with van der Waals surface area (Å²) in [6, 6.07) is 35.2. The van der Waals surface area contributed by atoms with E-state index in [1.165, 1.54) is 95.1 Å². The van der Waals surface area contributed by atoms with E-state index in [0.717, 1.165) is 22.4 Å². The largest absolute Gasteiger partial charge is 0.0654 e. The van der Waals surface area contributed by atoms with Gasteiger partial charge in [0.25, 0.3) is 0 Å². The first-order chi connectivity index (χ1) is 22.1. The van der Waals surface area contributed by atoms with Crippen LogP contribution in [0.5, 0.6) is 0 Å². The quantitative estimate of drug-likeness (QED) is 0.115. The number of fused-ring (bicyclic) bond motifs is 2. The van der Waals surface area contributed by atoms with Crippen molar-refractivity contribution in [3.8, 4) is 22.3 Å². The van der Waals surface area contributed by atoms with Crippen LogP contribution in [0.2, 0.25) is 12.1 Å². The third kappa shape index (κ3) is 7.45. The van der Waals surface area contributed by atoms with Crippen LogP contribution in [-0.2, 0) is 39.0 Å². The Morgan fingerprint density at radius 3 is 1.30 bits per heavy atom. The molecule has 2 radical (unpaired) electrons. The zero-order chi connectivity index (χ0) is 31.2. The summed E-state index contributed by atoms with van der Waals surface area (Å²) < 4.78 is 0. The van der Waals surface area contributed by atoms with E-state index < -0.39 is 0 Å². The summed E-state index contributed by atoms with van der Waals surface area (Å²) in [4.78, 5) is 0. The van der Waals surface area contributed by atoms with Gasteiger partial charge in [-0.3, -0.25) is 0 Å². The molecule has 4 aromatic carbocycles. The maximum absolute atomic E-state index is 2.58. The van der Waals surface area contributed by atoms with Crippen LogP contribution >= 0.6 is 0 Å². The molecule has 0 saturated carbocycles. The van der Waals surface area contributed by atoms with Crippen LogP contribution in [-0.4, -0.2) is 9.52 Å². The zero-order valence-electron chi connectivity index (χ0n) is 28.5. The van der Waals surface area contributed by atoms with E-state index in [0.29, 0.717) is 11.8 Å². The molecule has 234 valence electrons. The topological polar surface area (TPSA) is 0 Å². The van der Waals surface area contributed by atoms with Crippen LogP contribution in [0, 0.1) is 0 Å². The van der Waals surface area contributed by atoms with Crippen molar-refractivity contribution in [2.24, 2.45) is 0 Å². The van der Waals surface area contributed by atoms with Gasteiger partial charge in [-0.05, 0) is 94.2 Å². The van der Waals surface area contributed by atoms with E-state index in [9.17, 15) is 0 Å². The molecule has 46 heavy (non-hydrogen) atoms. The van der Waals surface area contributed by atoms with Gasteiger partial charge in [0, 0.05) is 47.6 Å². The molecule has 0 saturated heterocycles. The molecule has 2 aliphatic rings. The average molecular weight is 698 g/mol. The van der Waals surface area contributed by atoms with Crippen LogP contribution in [0.25, 0.3) is 34.4 Å². The summed E-state index contributed by atoms with van der Waals surface area (Å²) in [5.41, 5.74) is 17.8. The third-order valence-electron chi connectivity index (χ3n) is 10.3. The van der Waals surface area contributed by atoms with Crippen LogP contribution in [0.1, 0.15) is 111 Å². The van der Waals surface area contributed by atoms with E-state index in [-0.39, 0.29) is 26.2 Å². The molecular weight excluding hydrogens is 648 g/mol. The van der Waals surface area contributed by atoms with E-state index in [2.05, 4.69) is 125 Å². The molecular formula is C44H50SiZr. The Bertz CT molecular complexity index is 1530. The molecule has 0 heterocycles. The second-order valence-corrected chi connectivity index (χ2v) is 14.4. The molecule has 2 atom stereocenters. The van der Waals surface area contributed by atoms with Gasteiger partial charge in [-0.1, -0.05) is 161 Å². The molecule has 2 aliphatic carbocycles. The summed E-state index contributed by atoms with van der Waals surface area (Å²) >= 11 is 0. The van der Waals surface area contributed by atoms with Gasteiger partial charge < -0.3 is 0 Å². The predicted molar refractivity (Wildman–Crippen MR) is 198 cm³/mol. The third-order valence-corrected chi connectivity index (χ3v) is 11.7. The molecule has 2 unspecified atom stereocenters. The predicted octanol–water partition coefficient (Wildman–Crippen LogP) is 12.7. The van der Waals surface area contributed by atoms with Gasteiger partial charge in [0.15, 0.2) is 0 Å². The van der Waals surface area contributed by atoms with Crippen molar-refractivity contribution in [2.45, 2.75) is 103 Å². The number of benzene rings is 4. The fraction of sp³-hybridized carbons (Fsp3) is 0.364. The smallest absolute Gasteiger partial charge is 0.0397 e. The maximum Gasteiger partial charge on any atom is 0.0397 e. The van der Waals surface area contributed by atoms with Gasteiger partial charge in [0.2, 0.25) is 0 Å². The maximum atomic E-state index is 2.58. The summed E-state index contributed by atoms with van der Waals surface area (Å²) in [6.45, 7) is 9.13. The van der Waals surface area contributed by atoms with Crippen molar-refractivity contribution in [1.82, 2.24) is 0 Å². The molecule has 0 bridgehead atoms. The van der Waals surface area contributed by atoms with E-state index >= 15 is 0 Å². The molecule has 4 aromatic rings. The van der Waals surface area contributed by atoms with Crippen molar-refractivity contribution in [1.29, 1.82) is 0 Å². The van der Waals surface area contributed by atoms with E-state index in [4.69, 9.17) is 0 Å². The van der Waals surface area contributed by atoms with Crippen LogP contribution in [0.4, 0.5) is 0 Å². The second kappa shape index (κ2) is 16.5. The molecule has 6 rings (SSSR count). The van der Waals surface area contributed by atoms with Crippen LogP contribution in [0.15, 0.2) is 96.1 Å². The number of hydrogen-bond donors (Lipinski definition) is 0. The van der Waals surface area contributed by atoms with Gasteiger partial charge in [-0.2, -0.15) is 0 Å². The summed E-state index contributed by atoms with van der Waals surface area (Å²) in [7, 11) is 0.948. The summed E-state index contributed by atoms with van der Waals surface area (Å²) in [5, 5.41) is 0. The average Bonchev–Trinajstić information content (AvgIpc) is 3.63. The van der Waals surface area contributed by atoms with Crippen molar-refractivity contribution in [3.05, 3.63) is 129 Å². The molecule has 0 aromatic heterocycles. The fourth-order valence-electron chi connectivity index (χ4n) is 7.52. The number of rotatable bonds is 14. The molecule has 0 nitrogen and oxygen atoms in total. The number of unbranched alkanes of at least 4 members (excludes halogenated alkanes) is 2. The Hall–Kier alpha value is -2.54. The molecule has 0 amide bonds. The van der Waals surface area contributed by atoms with E-state index in [1.807, 2.05) is 0 Å². The van der Waals surface area contributed by atoms with Gasteiger partial charge in [-0.25, -0.2) is 0 Å². The molecule has 0 spiro atoms. The van der Waals surface area contributed by atoms with Crippen LogP contribution in [0.3, 0.4) is 0 Å². The Morgan fingerprint density at radius 2 is 0.935 bits per heavy atom. The summed E-state index contributed by atoms with van der Waals surface area (Å²) in [5.74, 6) is 1.12. The number of hydrogen-bond acceptors (Lipinski definition) is 0. The Kier molecular flexibility index (Phi) is 12.5. The first kappa shape index (κ1) is 34.8. The normalized spacial score (nSPS) is 16.4. The van der Waals surface area contributed by atoms with Gasteiger partial charge in [-0.15, -0.1) is 0 Å². The minimum absolute atomic E-state index is 0. The van der Waals surface area contributed by atoms with E-state index in [1.54, 1.807) is 22.3 Å². The minimum Gasteiger partial charge on any atom is -0.0654 e.